The maximum Gasteiger partial charge on any atom is 0.416 e. The third-order valence-electron chi connectivity index (χ3n) is 2.63. The first kappa shape index (κ1) is 14.0. The highest BCUT2D eigenvalue weighted by molar-refractivity contribution is 5.67. The average Bonchev–Trinajstić information content (AvgIpc) is 2.37. The molecule has 0 heterocycles. The number of halogens is 5. The van der Waals surface area contributed by atoms with Gasteiger partial charge in [-0.2, -0.15) is 18.4 Å². The van der Waals surface area contributed by atoms with Gasteiger partial charge in [0.25, 0.3) is 0 Å². The van der Waals surface area contributed by atoms with Crippen LogP contribution in [-0.2, 0) is 6.18 Å². The van der Waals surface area contributed by atoms with E-state index in [0.717, 1.165) is 18.2 Å². The number of nitrogens with zero attached hydrogens (tertiary/aromatic N) is 1. The summed E-state index contributed by atoms with van der Waals surface area (Å²) in [5.74, 6) is -1.75. The second-order valence-electron chi connectivity index (χ2n) is 4.03. The van der Waals surface area contributed by atoms with E-state index in [2.05, 4.69) is 0 Å². The topological polar surface area (TPSA) is 23.8 Å². The molecule has 0 N–H and O–H groups in total. The van der Waals surface area contributed by atoms with Gasteiger partial charge in [0.2, 0.25) is 0 Å². The third-order valence-corrected chi connectivity index (χ3v) is 2.63. The lowest BCUT2D eigenvalue weighted by atomic mass is 10.0. The molecule has 20 heavy (non-hydrogen) atoms. The van der Waals surface area contributed by atoms with Crippen LogP contribution in [0.4, 0.5) is 22.0 Å². The molecule has 6 heteroatoms. The molecule has 0 bridgehead atoms. The molecule has 0 spiro atoms. The van der Waals surface area contributed by atoms with Crippen LogP contribution in [0.3, 0.4) is 0 Å². The molecule has 0 aliphatic carbocycles. The predicted octanol–water partition coefficient (Wildman–Crippen LogP) is 4.52. The maximum absolute atomic E-state index is 13.6. The zero-order valence-electron chi connectivity index (χ0n) is 9.80. The lowest BCUT2D eigenvalue weighted by molar-refractivity contribution is -0.137. The fourth-order valence-electron chi connectivity index (χ4n) is 1.73. The van der Waals surface area contributed by atoms with E-state index in [-0.39, 0.29) is 11.1 Å². The van der Waals surface area contributed by atoms with Crippen molar-refractivity contribution >= 4 is 0 Å². The van der Waals surface area contributed by atoms with E-state index in [9.17, 15) is 22.0 Å². The maximum atomic E-state index is 13.6. The number of nitriles is 1. The van der Waals surface area contributed by atoms with Crippen molar-refractivity contribution in [2.45, 2.75) is 6.18 Å². The van der Waals surface area contributed by atoms with E-state index in [1.54, 1.807) is 6.07 Å². The molecule has 1 nitrogen and oxygen atoms in total. The van der Waals surface area contributed by atoms with Gasteiger partial charge in [0.05, 0.1) is 17.2 Å². The first-order valence-corrected chi connectivity index (χ1v) is 5.39. The summed E-state index contributed by atoms with van der Waals surface area (Å²) in [4.78, 5) is 0. The van der Waals surface area contributed by atoms with Crippen LogP contribution in [-0.4, -0.2) is 0 Å². The zero-order valence-corrected chi connectivity index (χ0v) is 9.80. The minimum absolute atomic E-state index is 0.100. The summed E-state index contributed by atoms with van der Waals surface area (Å²) in [6, 6.07) is 6.42. The predicted molar refractivity (Wildman–Crippen MR) is 61.5 cm³/mol. The Balaban J connectivity index is 2.64. The molecule has 0 aliphatic rings. The molecular formula is C14H6F5N. The summed E-state index contributed by atoms with van der Waals surface area (Å²) in [5.41, 5.74) is -1.67. The Bertz CT molecular complexity index is 698. The second kappa shape index (κ2) is 4.93. The van der Waals surface area contributed by atoms with Crippen LogP contribution < -0.4 is 0 Å². The number of hydrogen-bond acceptors (Lipinski definition) is 1. The smallest absolute Gasteiger partial charge is 0.207 e. The van der Waals surface area contributed by atoms with E-state index in [1.165, 1.54) is 0 Å². The van der Waals surface area contributed by atoms with Gasteiger partial charge in [0.15, 0.2) is 0 Å². The van der Waals surface area contributed by atoms with Crippen molar-refractivity contribution in [3.8, 4) is 17.2 Å². The first-order valence-electron chi connectivity index (χ1n) is 5.39. The SMILES string of the molecule is N#Cc1cc(F)cc(-c2cc(C(F)(F)F)ccc2F)c1. The van der Waals surface area contributed by atoms with E-state index in [0.29, 0.717) is 18.2 Å². The fourth-order valence-corrected chi connectivity index (χ4v) is 1.73. The summed E-state index contributed by atoms with van der Waals surface area (Å²) in [5, 5.41) is 8.70. The molecule has 0 fully saturated rings. The summed E-state index contributed by atoms with van der Waals surface area (Å²) in [6.45, 7) is 0. The molecule has 0 unspecified atom stereocenters. The lowest BCUT2D eigenvalue weighted by Crippen LogP contribution is -2.05. The molecular weight excluding hydrogens is 277 g/mol. The molecule has 2 rings (SSSR count). The quantitative estimate of drug-likeness (QED) is 0.706. The van der Waals surface area contributed by atoms with Gasteiger partial charge in [-0.15, -0.1) is 0 Å². The second-order valence-corrected chi connectivity index (χ2v) is 4.03. The van der Waals surface area contributed by atoms with Gasteiger partial charge in [-0.1, -0.05) is 0 Å². The van der Waals surface area contributed by atoms with Crippen molar-refractivity contribution in [1.82, 2.24) is 0 Å². The highest BCUT2D eigenvalue weighted by atomic mass is 19.4. The molecule has 0 saturated heterocycles. The Morgan fingerprint density at radius 3 is 2.25 bits per heavy atom. The minimum atomic E-state index is -4.63. The van der Waals surface area contributed by atoms with Crippen LogP contribution in [0.2, 0.25) is 0 Å². The number of alkyl halides is 3. The Morgan fingerprint density at radius 1 is 0.950 bits per heavy atom. The summed E-state index contributed by atoms with van der Waals surface area (Å²) >= 11 is 0. The largest absolute Gasteiger partial charge is 0.416 e. The number of hydrogen-bond donors (Lipinski definition) is 0. The van der Waals surface area contributed by atoms with Crippen LogP contribution in [0.15, 0.2) is 36.4 Å². The molecule has 0 atom stereocenters. The van der Waals surface area contributed by atoms with Gasteiger partial charge >= 0.3 is 6.18 Å². The van der Waals surface area contributed by atoms with Gasteiger partial charge in [-0.05, 0) is 42.0 Å². The summed E-state index contributed by atoms with van der Waals surface area (Å²) in [7, 11) is 0. The van der Waals surface area contributed by atoms with Gasteiger partial charge in [0, 0.05) is 5.56 Å². The Morgan fingerprint density at radius 2 is 1.65 bits per heavy atom. The average molecular weight is 283 g/mol. The van der Waals surface area contributed by atoms with Crippen molar-refractivity contribution < 1.29 is 22.0 Å². The van der Waals surface area contributed by atoms with Crippen molar-refractivity contribution in [2.24, 2.45) is 0 Å². The zero-order chi connectivity index (χ0) is 14.9. The molecule has 2 aromatic carbocycles. The highest BCUT2D eigenvalue weighted by Gasteiger charge is 2.31. The van der Waals surface area contributed by atoms with E-state index in [4.69, 9.17) is 5.26 Å². The number of rotatable bonds is 1. The molecule has 102 valence electrons. The normalized spacial score (nSPS) is 11.2. The summed E-state index contributed by atoms with van der Waals surface area (Å²) in [6.07, 6.45) is -4.63. The Labute approximate surface area is 110 Å². The van der Waals surface area contributed by atoms with Gasteiger partial charge in [-0.25, -0.2) is 8.78 Å². The minimum Gasteiger partial charge on any atom is -0.207 e. The van der Waals surface area contributed by atoms with Gasteiger partial charge in [0.1, 0.15) is 11.6 Å². The fraction of sp³-hybridized carbons (Fsp3) is 0.0714. The van der Waals surface area contributed by atoms with E-state index < -0.39 is 28.9 Å². The first-order chi connectivity index (χ1) is 9.31. The number of benzene rings is 2. The van der Waals surface area contributed by atoms with Gasteiger partial charge < -0.3 is 0 Å². The standard InChI is InChI=1S/C14H6F5N/c15-11-4-8(7-20)3-9(5-11)12-6-10(14(17,18)19)1-2-13(12)16/h1-6H. The van der Waals surface area contributed by atoms with Crippen LogP contribution in [0.1, 0.15) is 11.1 Å². The summed E-state index contributed by atoms with van der Waals surface area (Å²) < 4.78 is 64.7. The van der Waals surface area contributed by atoms with Crippen LogP contribution in [0.25, 0.3) is 11.1 Å². The molecule has 0 saturated carbocycles. The van der Waals surface area contributed by atoms with Crippen LogP contribution in [0, 0.1) is 23.0 Å². The monoisotopic (exact) mass is 283 g/mol. The third kappa shape index (κ3) is 2.77. The van der Waals surface area contributed by atoms with Crippen molar-refractivity contribution in [3.05, 3.63) is 59.2 Å². The molecule has 0 amide bonds. The van der Waals surface area contributed by atoms with Crippen LogP contribution in [0.5, 0.6) is 0 Å². The van der Waals surface area contributed by atoms with Gasteiger partial charge in [-0.3, -0.25) is 0 Å². The van der Waals surface area contributed by atoms with E-state index >= 15 is 0 Å². The van der Waals surface area contributed by atoms with Crippen LogP contribution >= 0.6 is 0 Å². The Kier molecular flexibility index (Phi) is 3.45. The molecule has 2 aromatic rings. The van der Waals surface area contributed by atoms with Crippen molar-refractivity contribution in [2.75, 3.05) is 0 Å². The molecule has 0 aromatic heterocycles. The van der Waals surface area contributed by atoms with Crippen molar-refractivity contribution in [3.63, 3.8) is 0 Å². The highest BCUT2D eigenvalue weighted by Crippen LogP contribution is 2.34. The lowest BCUT2D eigenvalue weighted by Gasteiger charge is -2.10. The molecule has 0 aliphatic heterocycles. The van der Waals surface area contributed by atoms with Crippen molar-refractivity contribution in [1.29, 1.82) is 5.26 Å². The molecule has 0 radical (unpaired) electrons. The Hall–Kier alpha value is -2.42. The van der Waals surface area contributed by atoms with E-state index in [1.807, 2.05) is 0 Å².